The highest BCUT2D eigenvalue weighted by atomic mass is 16.8. The minimum absolute atomic E-state index is 0.195. The highest BCUT2D eigenvalue weighted by molar-refractivity contribution is 5.76. The Hall–Kier alpha value is -2.91. The van der Waals surface area contributed by atoms with E-state index in [1.165, 1.54) is 154 Å². The van der Waals surface area contributed by atoms with Crippen molar-refractivity contribution in [3.8, 4) is 0 Å². The van der Waals surface area contributed by atoms with Crippen LogP contribution >= 0.6 is 0 Å². The Balaban J connectivity index is 1.39. The van der Waals surface area contributed by atoms with Crippen LogP contribution < -0.4 is 16.0 Å². The zero-order valence-corrected chi connectivity index (χ0v) is 59.4. The van der Waals surface area contributed by atoms with E-state index in [2.05, 4.69) is 41.9 Å². The van der Waals surface area contributed by atoms with Gasteiger partial charge in [-0.1, -0.05) is 205 Å². The number of aliphatic hydroxyl groups excluding tert-OH is 12. The monoisotopic (exact) mass is 1410 g/mol. The summed E-state index contributed by atoms with van der Waals surface area (Å²) < 4.78 is 48.3. The number of rotatable bonds is 53. The van der Waals surface area contributed by atoms with Crippen LogP contribution in [0, 0.1) is 0 Å². The summed E-state index contributed by atoms with van der Waals surface area (Å²) in [6.45, 7) is 2.55. The second-order valence-corrected chi connectivity index (χ2v) is 27.5. The first kappa shape index (κ1) is 87.5. The first-order valence-corrected chi connectivity index (χ1v) is 37.6. The van der Waals surface area contributed by atoms with Crippen LogP contribution in [-0.4, -0.2) is 247 Å². The summed E-state index contributed by atoms with van der Waals surface area (Å²) in [5.41, 5.74) is 0. The Morgan fingerprint density at radius 1 is 0.398 bits per heavy atom. The van der Waals surface area contributed by atoms with E-state index < -0.39 is 180 Å². The molecule has 26 nitrogen and oxygen atoms in total. The lowest BCUT2D eigenvalue weighted by Crippen LogP contribution is -2.70. The molecule has 0 aromatic carbocycles. The average Bonchev–Trinajstić information content (AvgIpc) is 0.765. The number of carbonyl (C=O) groups is 3. The van der Waals surface area contributed by atoms with Crippen LogP contribution in [0.1, 0.15) is 246 Å². The van der Waals surface area contributed by atoms with Crippen LogP contribution in [0.5, 0.6) is 0 Å². The molecule has 3 amide bonds. The van der Waals surface area contributed by atoms with Gasteiger partial charge in [0.25, 0.3) is 0 Å². The summed E-state index contributed by atoms with van der Waals surface area (Å²) in [5, 5.41) is 141. The lowest BCUT2D eigenvalue weighted by Gasteiger charge is -2.51. The minimum atomic E-state index is -2.18. The van der Waals surface area contributed by atoms with Crippen LogP contribution in [0.15, 0.2) is 24.3 Å². The van der Waals surface area contributed by atoms with E-state index in [0.29, 0.717) is 12.8 Å². The van der Waals surface area contributed by atoms with E-state index >= 15 is 0 Å². The number of allylic oxidation sites excluding steroid dienone is 3. The molecule has 0 spiro atoms. The Morgan fingerprint density at radius 3 is 1.17 bits per heavy atom. The molecule has 4 heterocycles. The van der Waals surface area contributed by atoms with Gasteiger partial charge < -0.3 is 115 Å². The molecule has 4 aliphatic heterocycles. The fraction of sp³-hybridized carbons (Fsp3) is 0.903. The average molecular weight is 1410 g/mol. The van der Waals surface area contributed by atoms with Gasteiger partial charge in [-0.25, -0.2) is 0 Å². The fourth-order valence-corrected chi connectivity index (χ4v) is 13.2. The largest absolute Gasteiger partial charge is 0.394 e. The second-order valence-electron chi connectivity index (χ2n) is 27.5. The molecule has 22 atom stereocenters. The molecule has 4 saturated heterocycles. The van der Waals surface area contributed by atoms with Crippen molar-refractivity contribution in [3.63, 3.8) is 0 Å². The number of unbranched alkanes of at least 4 members (excludes halogenated alkanes) is 30. The molecular formula is C72H131N3O23. The predicted octanol–water partition coefficient (Wildman–Crippen LogP) is 4.82. The van der Waals surface area contributed by atoms with E-state index in [0.717, 1.165) is 58.8 Å². The van der Waals surface area contributed by atoms with Crippen molar-refractivity contribution < 1.29 is 114 Å². The summed E-state index contributed by atoms with van der Waals surface area (Å²) >= 11 is 0. The van der Waals surface area contributed by atoms with Crippen molar-refractivity contribution in [1.82, 2.24) is 16.0 Å². The van der Waals surface area contributed by atoms with Gasteiger partial charge in [-0.3, -0.25) is 14.4 Å². The first-order valence-electron chi connectivity index (χ1n) is 37.6. The third-order valence-corrected chi connectivity index (χ3v) is 19.2. The number of amides is 3. The van der Waals surface area contributed by atoms with Crippen molar-refractivity contribution in [3.05, 3.63) is 24.3 Å². The Labute approximate surface area is 583 Å². The standard InChI is InChI=1S/C72H131N3O23/c1-5-7-9-11-13-15-17-19-20-21-22-23-24-25-26-27-28-30-32-34-36-38-40-42-56(83)75-50(51(82)41-39-37-35-33-31-29-18-16-14-12-10-8-6-2)47-91-71-64(89)63(88)66(54(45-78)94-71)96-72-65(90)68(98-70-58(74-49(4)81)62(87)60(85)53(44-77)93-70)67(55(46-79)95-72)97-69-57(73-48(3)80)61(86)59(84)52(43-76)92-69/h19-20,39,41,50-55,57-72,76-79,82,84-90H,5-18,21-38,40,42-47H2,1-4H3,(H,73,80)(H,74,81)(H,75,83)/b20-19-,41-39+/t50-,51+,52?,53?,54?,55?,57?,58?,59-,60+,61+,62+,63+,64?,65?,66+,67-,68+,69-,70-,71+,72-/m0/s1. The van der Waals surface area contributed by atoms with E-state index in [4.69, 9.17) is 37.9 Å². The lowest BCUT2D eigenvalue weighted by molar-refractivity contribution is -0.391. The van der Waals surface area contributed by atoms with Crippen molar-refractivity contribution in [2.24, 2.45) is 0 Å². The van der Waals surface area contributed by atoms with E-state index in [9.17, 15) is 75.7 Å². The Bertz CT molecular complexity index is 2140. The maximum absolute atomic E-state index is 13.6. The molecule has 0 radical (unpaired) electrons. The molecule has 4 rings (SSSR count). The molecule has 0 bridgehead atoms. The molecular weight excluding hydrogens is 1270 g/mol. The van der Waals surface area contributed by atoms with Crippen molar-refractivity contribution in [2.75, 3.05) is 33.0 Å². The molecule has 0 aromatic rings. The summed E-state index contributed by atoms with van der Waals surface area (Å²) in [7, 11) is 0. The van der Waals surface area contributed by atoms with Crippen molar-refractivity contribution >= 4 is 17.7 Å². The molecule has 0 saturated carbocycles. The van der Waals surface area contributed by atoms with Gasteiger partial charge in [0.2, 0.25) is 17.7 Å². The maximum atomic E-state index is 13.6. The molecule has 4 aliphatic rings. The van der Waals surface area contributed by atoms with Crippen LogP contribution in [0.25, 0.3) is 0 Å². The van der Waals surface area contributed by atoms with Crippen LogP contribution in [0.2, 0.25) is 0 Å². The van der Waals surface area contributed by atoms with E-state index in [1.54, 1.807) is 6.08 Å². The zero-order chi connectivity index (χ0) is 71.6. The van der Waals surface area contributed by atoms with Gasteiger partial charge >= 0.3 is 0 Å². The number of aliphatic hydroxyl groups is 12. The van der Waals surface area contributed by atoms with Crippen LogP contribution in [0.3, 0.4) is 0 Å². The second kappa shape index (κ2) is 51.3. The van der Waals surface area contributed by atoms with E-state index in [1.807, 2.05) is 6.08 Å². The van der Waals surface area contributed by atoms with Gasteiger partial charge in [0.15, 0.2) is 25.2 Å². The third kappa shape index (κ3) is 31.6. The quantitative estimate of drug-likeness (QED) is 0.0286. The number of ether oxygens (including phenoxy) is 8. The van der Waals surface area contributed by atoms with E-state index in [-0.39, 0.29) is 12.3 Å². The molecule has 0 aliphatic carbocycles. The summed E-state index contributed by atoms with van der Waals surface area (Å²) in [5.74, 6) is -1.80. The van der Waals surface area contributed by atoms with Crippen LogP contribution in [0.4, 0.5) is 0 Å². The number of hydrogen-bond acceptors (Lipinski definition) is 23. The molecule has 0 aromatic heterocycles. The Kier molecular flexibility index (Phi) is 45.8. The smallest absolute Gasteiger partial charge is 0.220 e. The SMILES string of the molecule is CCCCCCCC/C=C\CCCCCCCCCCCCCCCC(=O)N[C@@H](CO[C@@H]1OC(CO)[C@@H](O[C@@H]2OC(CO)[C@H](O[C@@H]3OC(CO)[C@H](O)[C@H](O)C3NC(C)=O)[C@H](O[C@@H]3OC(CO)[C@@H](O)[C@H](O)C3NC(C)=O)C2O)[C@H](O)C1O)[C@H](O)/C=C/CCCCCCCCCCCCC. The maximum Gasteiger partial charge on any atom is 0.220 e. The highest BCUT2D eigenvalue weighted by Gasteiger charge is 2.57. The van der Waals surface area contributed by atoms with Gasteiger partial charge in [0.1, 0.15) is 97.5 Å². The molecule has 26 heteroatoms. The summed E-state index contributed by atoms with van der Waals surface area (Å²) in [6.07, 6.45) is 13.4. The van der Waals surface area contributed by atoms with Crippen LogP contribution in [-0.2, 0) is 52.3 Å². The predicted molar refractivity (Wildman–Crippen MR) is 365 cm³/mol. The number of nitrogens with one attached hydrogen (secondary N) is 3. The van der Waals surface area contributed by atoms with Gasteiger partial charge in [0.05, 0.1) is 45.2 Å². The Morgan fingerprint density at radius 2 is 0.755 bits per heavy atom. The molecule has 8 unspecified atom stereocenters. The normalized spacial score (nSPS) is 31.4. The summed E-state index contributed by atoms with van der Waals surface area (Å²) in [4.78, 5) is 38.4. The molecule has 98 heavy (non-hydrogen) atoms. The first-order chi connectivity index (χ1) is 47.3. The van der Waals surface area contributed by atoms with Crippen molar-refractivity contribution in [1.29, 1.82) is 0 Å². The summed E-state index contributed by atoms with van der Waals surface area (Å²) in [6, 6.07) is -4.27. The third-order valence-electron chi connectivity index (χ3n) is 19.2. The molecule has 15 N–H and O–H groups in total. The topological polar surface area (TPSA) is 404 Å². The van der Waals surface area contributed by atoms with Gasteiger partial charge in [-0.15, -0.1) is 0 Å². The van der Waals surface area contributed by atoms with Gasteiger partial charge in [0, 0.05) is 20.3 Å². The number of hydrogen-bond donors (Lipinski definition) is 15. The zero-order valence-electron chi connectivity index (χ0n) is 59.4. The van der Waals surface area contributed by atoms with Gasteiger partial charge in [-0.05, 0) is 44.9 Å². The highest BCUT2D eigenvalue weighted by Crippen LogP contribution is 2.36. The minimum Gasteiger partial charge on any atom is -0.394 e. The lowest BCUT2D eigenvalue weighted by atomic mass is 9.94. The number of carbonyl (C=O) groups excluding carboxylic acids is 3. The molecule has 4 fully saturated rings. The van der Waals surface area contributed by atoms with Crippen molar-refractivity contribution in [2.45, 2.75) is 381 Å². The fourth-order valence-electron chi connectivity index (χ4n) is 13.2. The molecule has 572 valence electrons. The van der Waals surface area contributed by atoms with Gasteiger partial charge in [-0.2, -0.15) is 0 Å².